The number of aromatic amines is 1. The van der Waals surface area contributed by atoms with Gasteiger partial charge in [0.15, 0.2) is 0 Å². The fourth-order valence-corrected chi connectivity index (χ4v) is 3.36. The van der Waals surface area contributed by atoms with E-state index in [4.69, 9.17) is 0 Å². The van der Waals surface area contributed by atoms with Crippen molar-refractivity contribution in [1.29, 1.82) is 0 Å². The van der Waals surface area contributed by atoms with Crippen LogP contribution in [-0.2, 0) is 0 Å². The summed E-state index contributed by atoms with van der Waals surface area (Å²) in [6.07, 6.45) is 0. The van der Waals surface area contributed by atoms with Gasteiger partial charge in [0.1, 0.15) is 17.2 Å². The van der Waals surface area contributed by atoms with Crippen LogP contribution in [0, 0.1) is 5.82 Å². The molecule has 3 aromatic heterocycles. The van der Waals surface area contributed by atoms with Crippen molar-refractivity contribution in [1.82, 2.24) is 15.0 Å². The number of H-pyrrole nitrogens is 1. The van der Waals surface area contributed by atoms with Crippen LogP contribution in [0.1, 0.15) is 10.5 Å². The minimum Gasteiger partial charge on any atom is -0.477 e. The number of carbonyl (C=O) groups is 1. The molecule has 0 amide bonds. The van der Waals surface area contributed by atoms with Gasteiger partial charge >= 0.3 is 5.97 Å². The first-order valence-corrected chi connectivity index (χ1v) is 8.31. The second kappa shape index (κ2) is 5.60. The number of carboxylic acids is 1. The third kappa shape index (κ3) is 2.42. The van der Waals surface area contributed by atoms with Gasteiger partial charge in [-0.25, -0.2) is 19.2 Å². The standard InChI is InChI=1S/C21H12FN3O2/c22-12-6-8-16-13(9-12)14-10-18(21(26)27)25-20(19(14)24-16)17-7-5-11-3-1-2-4-15(11)23-17/h1-10,24H,(H,26,27). The van der Waals surface area contributed by atoms with Crippen molar-refractivity contribution in [3.8, 4) is 11.4 Å². The molecule has 0 saturated carbocycles. The highest BCUT2D eigenvalue weighted by Crippen LogP contribution is 2.33. The molecular weight excluding hydrogens is 345 g/mol. The number of hydrogen-bond donors (Lipinski definition) is 2. The molecule has 5 rings (SSSR count). The van der Waals surface area contributed by atoms with Crippen molar-refractivity contribution >= 4 is 38.7 Å². The van der Waals surface area contributed by atoms with Crippen molar-refractivity contribution < 1.29 is 14.3 Å². The van der Waals surface area contributed by atoms with E-state index < -0.39 is 5.97 Å². The van der Waals surface area contributed by atoms with E-state index in [1.165, 1.54) is 18.2 Å². The highest BCUT2D eigenvalue weighted by molar-refractivity contribution is 6.12. The normalized spacial score (nSPS) is 11.4. The molecule has 0 fully saturated rings. The molecule has 5 nitrogen and oxygen atoms in total. The molecule has 0 spiro atoms. The lowest BCUT2D eigenvalue weighted by Crippen LogP contribution is -2.02. The number of carboxylic acid groups (broad SMARTS) is 1. The number of hydrogen-bond acceptors (Lipinski definition) is 3. The van der Waals surface area contributed by atoms with Gasteiger partial charge in [-0.2, -0.15) is 0 Å². The smallest absolute Gasteiger partial charge is 0.354 e. The first kappa shape index (κ1) is 15.5. The van der Waals surface area contributed by atoms with Crippen LogP contribution >= 0.6 is 0 Å². The molecular formula is C21H12FN3O2. The lowest BCUT2D eigenvalue weighted by molar-refractivity contribution is 0.0691. The van der Waals surface area contributed by atoms with Crippen LogP contribution in [0.15, 0.2) is 60.7 Å². The fourth-order valence-electron chi connectivity index (χ4n) is 3.36. The molecule has 2 aromatic carbocycles. The number of pyridine rings is 2. The van der Waals surface area contributed by atoms with Crippen LogP contribution in [-0.4, -0.2) is 26.0 Å². The van der Waals surface area contributed by atoms with Gasteiger partial charge in [0.05, 0.1) is 16.7 Å². The predicted octanol–water partition coefficient (Wildman–Crippen LogP) is 4.77. The highest BCUT2D eigenvalue weighted by Gasteiger charge is 2.17. The van der Waals surface area contributed by atoms with Crippen LogP contribution in [0.25, 0.3) is 44.1 Å². The second-order valence-corrected chi connectivity index (χ2v) is 6.29. The SMILES string of the molecule is O=C(O)c1cc2c([nH]c3ccc(F)cc32)c(-c2ccc3ccccc3n2)n1. The van der Waals surface area contributed by atoms with E-state index in [-0.39, 0.29) is 11.5 Å². The van der Waals surface area contributed by atoms with Crippen LogP contribution in [0.5, 0.6) is 0 Å². The number of nitrogens with zero attached hydrogens (tertiary/aromatic N) is 2. The minimum atomic E-state index is -1.15. The summed E-state index contributed by atoms with van der Waals surface area (Å²) in [7, 11) is 0. The average molecular weight is 357 g/mol. The fraction of sp³-hybridized carbons (Fsp3) is 0. The average Bonchev–Trinajstić information content (AvgIpc) is 3.04. The largest absolute Gasteiger partial charge is 0.477 e. The van der Waals surface area contributed by atoms with Crippen molar-refractivity contribution in [2.75, 3.05) is 0 Å². The first-order valence-electron chi connectivity index (χ1n) is 8.31. The summed E-state index contributed by atoms with van der Waals surface area (Å²) in [6, 6.07) is 17.2. The van der Waals surface area contributed by atoms with Gasteiger partial charge in [0.2, 0.25) is 0 Å². The quantitative estimate of drug-likeness (QED) is 0.477. The number of nitrogens with one attached hydrogen (secondary N) is 1. The molecule has 0 atom stereocenters. The van der Waals surface area contributed by atoms with Crippen molar-refractivity contribution in [2.24, 2.45) is 0 Å². The molecule has 0 unspecified atom stereocenters. The maximum atomic E-state index is 13.7. The Balaban J connectivity index is 1.88. The number of aromatic nitrogens is 3. The Hall–Kier alpha value is -3.80. The molecule has 0 saturated heterocycles. The Morgan fingerprint density at radius 3 is 2.67 bits per heavy atom. The van der Waals surface area contributed by atoms with Gasteiger partial charge in [-0.1, -0.05) is 24.3 Å². The maximum absolute atomic E-state index is 13.7. The Morgan fingerprint density at radius 2 is 1.81 bits per heavy atom. The van der Waals surface area contributed by atoms with E-state index >= 15 is 0 Å². The van der Waals surface area contributed by atoms with Gasteiger partial charge in [-0.15, -0.1) is 0 Å². The molecule has 3 heterocycles. The highest BCUT2D eigenvalue weighted by atomic mass is 19.1. The molecule has 2 N–H and O–H groups in total. The summed E-state index contributed by atoms with van der Waals surface area (Å²) < 4.78 is 13.7. The topological polar surface area (TPSA) is 78.9 Å². The Bertz CT molecular complexity index is 1370. The minimum absolute atomic E-state index is 0.113. The second-order valence-electron chi connectivity index (χ2n) is 6.29. The first-order chi connectivity index (χ1) is 13.1. The zero-order valence-corrected chi connectivity index (χ0v) is 13.9. The number of halogens is 1. The van der Waals surface area contributed by atoms with Gasteiger partial charge < -0.3 is 10.1 Å². The Labute approximate surface area is 152 Å². The molecule has 0 aliphatic rings. The van der Waals surface area contributed by atoms with Gasteiger partial charge in [0.25, 0.3) is 0 Å². The van der Waals surface area contributed by atoms with E-state index in [2.05, 4.69) is 15.0 Å². The summed E-state index contributed by atoms with van der Waals surface area (Å²) in [4.78, 5) is 23.8. The van der Waals surface area contributed by atoms with Crippen LogP contribution in [0.2, 0.25) is 0 Å². The summed E-state index contributed by atoms with van der Waals surface area (Å²) in [5.74, 6) is -1.54. The molecule has 0 aliphatic heterocycles. The Morgan fingerprint density at radius 1 is 0.963 bits per heavy atom. The van der Waals surface area contributed by atoms with E-state index in [1.807, 2.05) is 36.4 Å². The molecule has 5 aromatic rings. The molecule has 130 valence electrons. The van der Waals surface area contributed by atoms with Crippen molar-refractivity contribution in [3.63, 3.8) is 0 Å². The monoisotopic (exact) mass is 357 g/mol. The molecule has 27 heavy (non-hydrogen) atoms. The third-order valence-electron chi connectivity index (χ3n) is 4.61. The van der Waals surface area contributed by atoms with E-state index in [9.17, 15) is 14.3 Å². The van der Waals surface area contributed by atoms with Crippen molar-refractivity contribution in [3.05, 3.63) is 72.2 Å². The molecule has 0 bridgehead atoms. The summed E-state index contributed by atoms with van der Waals surface area (Å²) in [5, 5.41) is 11.7. The zero-order valence-electron chi connectivity index (χ0n) is 13.9. The summed E-state index contributed by atoms with van der Waals surface area (Å²) in [6.45, 7) is 0. The van der Waals surface area contributed by atoms with Gasteiger partial charge in [-0.05, 0) is 36.4 Å². The lowest BCUT2D eigenvalue weighted by atomic mass is 10.1. The summed E-state index contributed by atoms with van der Waals surface area (Å²) >= 11 is 0. The number of para-hydroxylation sites is 1. The lowest BCUT2D eigenvalue weighted by Gasteiger charge is -2.06. The summed E-state index contributed by atoms with van der Waals surface area (Å²) in [5.41, 5.74) is 2.98. The van der Waals surface area contributed by atoms with Crippen LogP contribution < -0.4 is 0 Å². The van der Waals surface area contributed by atoms with Crippen molar-refractivity contribution in [2.45, 2.75) is 0 Å². The number of fused-ring (bicyclic) bond motifs is 4. The van der Waals surface area contributed by atoms with E-state index in [0.29, 0.717) is 33.2 Å². The van der Waals surface area contributed by atoms with Gasteiger partial charge in [-0.3, -0.25) is 0 Å². The maximum Gasteiger partial charge on any atom is 0.354 e. The number of aromatic carboxylic acids is 1. The van der Waals surface area contributed by atoms with E-state index in [0.717, 1.165) is 10.9 Å². The molecule has 0 radical (unpaired) electrons. The third-order valence-corrected chi connectivity index (χ3v) is 4.61. The van der Waals surface area contributed by atoms with Crippen LogP contribution in [0.3, 0.4) is 0 Å². The number of rotatable bonds is 2. The number of benzene rings is 2. The van der Waals surface area contributed by atoms with Gasteiger partial charge in [0, 0.05) is 21.7 Å². The van der Waals surface area contributed by atoms with Crippen LogP contribution in [0.4, 0.5) is 4.39 Å². The molecule has 6 heteroatoms. The molecule has 0 aliphatic carbocycles. The zero-order chi connectivity index (χ0) is 18.5. The predicted molar refractivity (Wildman–Crippen MR) is 101 cm³/mol. The van der Waals surface area contributed by atoms with E-state index in [1.54, 1.807) is 6.07 Å². The Kier molecular flexibility index (Phi) is 3.21.